The van der Waals surface area contributed by atoms with Crippen molar-refractivity contribution in [3.8, 4) is 0 Å². The van der Waals surface area contributed by atoms with Gasteiger partial charge in [-0.1, -0.05) is 25.7 Å². The first-order valence-corrected chi connectivity index (χ1v) is 6.64. The minimum Gasteiger partial charge on any atom is -0.392 e. The zero-order valence-electron chi connectivity index (χ0n) is 8.24. The molecule has 0 spiro atoms. The fraction of sp³-hybridized carbons (Fsp3) is 1.00. The van der Waals surface area contributed by atoms with Crippen molar-refractivity contribution in [1.29, 1.82) is 0 Å². The molecule has 2 aliphatic carbocycles. The van der Waals surface area contributed by atoms with Gasteiger partial charge in [-0.15, -0.1) is 0 Å². The Morgan fingerprint density at radius 2 is 1.46 bits per heavy atom. The largest absolute Gasteiger partial charge is 0.392 e. The Bertz CT molecular complexity index is 154. The Hall–Kier alpha value is 0.310. The van der Waals surface area contributed by atoms with Crippen molar-refractivity contribution in [2.75, 3.05) is 0 Å². The Labute approximate surface area is 85.3 Å². The van der Waals surface area contributed by atoms with Crippen LogP contribution in [0.2, 0.25) is 0 Å². The SMILES string of the molecule is O[C@@H]1CCCC[C@H]1SC1CCCC1. The molecule has 0 radical (unpaired) electrons. The lowest BCUT2D eigenvalue weighted by molar-refractivity contribution is 0.136. The second-order valence-electron chi connectivity index (χ2n) is 4.43. The summed E-state index contributed by atoms with van der Waals surface area (Å²) in [5.74, 6) is 0. The molecule has 2 rings (SSSR count). The van der Waals surface area contributed by atoms with Crippen LogP contribution in [0.4, 0.5) is 0 Å². The molecule has 0 heterocycles. The van der Waals surface area contributed by atoms with Crippen molar-refractivity contribution in [1.82, 2.24) is 0 Å². The molecule has 2 aliphatic rings. The van der Waals surface area contributed by atoms with Crippen molar-refractivity contribution in [2.24, 2.45) is 0 Å². The molecule has 0 aliphatic heterocycles. The molecule has 1 N–H and O–H groups in total. The maximum atomic E-state index is 9.81. The second-order valence-corrected chi connectivity index (χ2v) is 5.98. The lowest BCUT2D eigenvalue weighted by atomic mass is 9.97. The van der Waals surface area contributed by atoms with Crippen molar-refractivity contribution >= 4 is 11.8 Å². The third-order valence-corrected chi connectivity index (χ3v) is 5.09. The molecule has 2 fully saturated rings. The van der Waals surface area contributed by atoms with Gasteiger partial charge in [-0.05, 0) is 25.7 Å². The Morgan fingerprint density at radius 1 is 0.846 bits per heavy atom. The summed E-state index contributed by atoms with van der Waals surface area (Å²) in [5, 5.41) is 11.2. The third kappa shape index (κ3) is 2.63. The van der Waals surface area contributed by atoms with Crippen molar-refractivity contribution in [3.05, 3.63) is 0 Å². The number of thioether (sulfide) groups is 1. The van der Waals surface area contributed by atoms with Gasteiger partial charge in [0.25, 0.3) is 0 Å². The van der Waals surface area contributed by atoms with E-state index in [0.29, 0.717) is 5.25 Å². The molecule has 0 aromatic rings. The summed E-state index contributed by atoms with van der Waals surface area (Å²) in [5.41, 5.74) is 0. The maximum absolute atomic E-state index is 9.81. The Balaban J connectivity index is 1.78. The molecule has 0 aromatic heterocycles. The van der Waals surface area contributed by atoms with E-state index in [-0.39, 0.29) is 6.10 Å². The van der Waals surface area contributed by atoms with Crippen LogP contribution >= 0.6 is 11.8 Å². The van der Waals surface area contributed by atoms with E-state index in [9.17, 15) is 5.11 Å². The predicted octanol–water partition coefficient (Wildman–Crippen LogP) is 2.97. The molecule has 0 amide bonds. The smallest absolute Gasteiger partial charge is 0.0658 e. The van der Waals surface area contributed by atoms with Crippen LogP contribution < -0.4 is 0 Å². The van der Waals surface area contributed by atoms with E-state index in [1.165, 1.54) is 44.9 Å². The lowest BCUT2D eigenvalue weighted by Gasteiger charge is -2.29. The molecule has 1 nitrogen and oxygen atoms in total. The highest BCUT2D eigenvalue weighted by molar-refractivity contribution is 8.00. The number of aliphatic hydroxyl groups excluding tert-OH is 1. The topological polar surface area (TPSA) is 20.2 Å². The fourth-order valence-electron chi connectivity index (χ4n) is 2.51. The van der Waals surface area contributed by atoms with Gasteiger partial charge in [-0.3, -0.25) is 0 Å². The standard InChI is InChI=1S/C11H20OS/c12-10-7-3-4-8-11(10)13-9-5-1-2-6-9/h9-12H,1-8H2/t10-,11-/m1/s1. The van der Waals surface area contributed by atoms with Crippen LogP contribution in [0.5, 0.6) is 0 Å². The number of aliphatic hydroxyl groups is 1. The first-order valence-electron chi connectivity index (χ1n) is 5.70. The van der Waals surface area contributed by atoms with Gasteiger partial charge in [0.15, 0.2) is 0 Å². The molecule has 76 valence electrons. The van der Waals surface area contributed by atoms with Crippen LogP contribution in [0.1, 0.15) is 51.4 Å². The van der Waals surface area contributed by atoms with E-state index in [0.717, 1.165) is 11.7 Å². The fourth-order valence-corrected chi connectivity index (χ4v) is 4.23. The second kappa shape index (κ2) is 4.70. The van der Waals surface area contributed by atoms with Gasteiger partial charge in [0.1, 0.15) is 0 Å². The maximum Gasteiger partial charge on any atom is 0.0658 e. The normalized spacial score (nSPS) is 36.7. The average Bonchev–Trinajstić information content (AvgIpc) is 2.61. The van der Waals surface area contributed by atoms with E-state index in [4.69, 9.17) is 0 Å². The predicted molar refractivity (Wildman–Crippen MR) is 58.1 cm³/mol. The van der Waals surface area contributed by atoms with Crippen LogP contribution in [0.25, 0.3) is 0 Å². The van der Waals surface area contributed by atoms with E-state index in [1.807, 2.05) is 0 Å². The zero-order valence-corrected chi connectivity index (χ0v) is 9.06. The van der Waals surface area contributed by atoms with E-state index in [2.05, 4.69) is 11.8 Å². The number of hydrogen-bond donors (Lipinski definition) is 1. The molecular formula is C11H20OS. The Kier molecular flexibility index (Phi) is 3.56. The summed E-state index contributed by atoms with van der Waals surface area (Å²) in [7, 11) is 0. The van der Waals surface area contributed by atoms with Crippen LogP contribution in [-0.4, -0.2) is 21.7 Å². The van der Waals surface area contributed by atoms with Crippen molar-refractivity contribution < 1.29 is 5.11 Å². The number of hydrogen-bond acceptors (Lipinski definition) is 2. The average molecular weight is 200 g/mol. The van der Waals surface area contributed by atoms with Crippen LogP contribution in [0.3, 0.4) is 0 Å². The molecule has 2 heteroatoms. The summed E-state index contributed by atoms with van der Waals surface area (Å²) >= 11 is 2.09. The van der Waals surface area contributed by atoms with Crippen molar-refractivity contribution in [3.63, 3.8) is 0 Å². The summed E-state index contributed by atoms with van der Waals surface area (Å²) in [6.07, 6.45) is 10.5. The molecule has 0 saturated heterocycles. The van der Waals surface area contributed by atoms with E-state index < -0.39 is 0 Å². The molecule has 13 heavy (non-hydrogen) atoms. The molecule has 2 atom stereocenters. The summed E-state index contributed by atoms with van der Waals surface area (Å²) in [6.45, 7) is 0. The van der Waals surface area contributed by atoms with E-state index in [1.54, 1.807) is 0 Å². The summed E-state index contributed by atoms with van der Waals surface area (Å²) in [6, 6.07) is 0. The lowest BCUT2D eigenvalue weighted by Crippen LogP contribution is -2.28. The molecule has 0 unspecified atom stereocenters. The molecule has 0 aromatic carbocycles. The first kappa shape index (κ1) is 9.85. The van der Waals surface area contributed by atoms with Gasteiger partial charge >= 0.3 is 0 Å². The Morgan fingerprint density at radius 3 is 2.15 bits per heavy atom. The van der Waals surface area contributed by atoms with Crippen LogP contribution in [-0.2, 0) is 0 Å². The zero-order chi connectivity index (χ0) is 9.10. The van der Waals surface area contributed by atoms with Gasteiger partial charge in [-0.2, -0.15) is 11.8 Å². The quantitative estimate of drug-likeness (QED) is 0.739. The minimum absolute atomic E-state index is 0.000602. The van der Waals surface area contributed by atoms with Gasteiger partial charge in [0, 0.05) is 10.5 Å². The molecular weight excluding hydrogens is 180 g/mol. The van der Waals surface area contributed by atoms with Gasteiger partial charge < -0.3 is 5.11 Å². The summed E-state index contributed by atoms with van der Waals surface area (Å²) < 4.78 is 0. The van der Waals surface area contributed by atoms with E-state index >= 15 is 0 Å². The monoisotopic (exact) mass is 200 g/mol. The third-order valence-electron chi connectivity index (χ3n) is 3.34. The van der Waals surface area contributed by atoms with Crippen LogP contribution in [0, 0.1) is 0 Å². The minimum atomic E-state index is -0.000602. The summed E-state index contributed by atoms with van der Waals surface area (Å²) in [4.78, 5) is 0. The number of rotatable bonds is 2. The highest BCUT2D eigenvalue weighted by Gasteiger charge is 2.27. The van der Waals surface area contributed by atoms with Gasteiger partial charge in [-0.25, -0.2) is 0 Å². The highest BCUT2D eigenvalue weighted by Crippen LogP contribution is 2.37. The van der Waals surface area contributed by atoms with Crippen molar-refractivity contribution in [2.45, 2.75) is 68.0 Å². The van der Waals surface area contributed by atoms with Gasteiger partial charge in [0.05, 0.1) is 6.10 Å². The van der Waals surface area contributed by atoms with Crippen LogP contribution in [0.15, 0.2) is 0 Å². The highest BCUT2D eigenvalue weighted by atomic mass is 32.2. The molecule has 2 saturated carbocycles. The first-order chi connectivity index (χ1) is 6.36. The van der Waals surface area contributed by atoms with Gasteiger partial charge in [0.2, 0.25) is 0 Å². The molecule has 0 bridgehead atoms.